The van der Waals surface area contributed by atoms with Crippen molar-refractivity contribution in [3.8, 4) is 0 Å². The standard InChI is InChI=1S/C14H20F2N2O3/c1-12(2,3)21-11(19)18-9-6-7-17-10(8-9)14(15,16)13(4,5)20/h6-8,20H,1-5H3,(H,17,18,19). The molecule has 1 rings (SSSR count). The van der Waals surface area contributed by atoms with Crippen LogP contribution in [0.4, 0.5) is 19.3 Å². The lowest BCUT2D eigenvalue weighted by Gasteiger charge is -2.28. The second-order valence-corrected chi connectivity index (χ2v) is 6.19. The van der Waals surface area contributed by atoms with Gasteiger partial charge >= 0.3 is 12.0 Å². The van der Waals surface area contributed by atoms with Crippen LogP contribution in [0.15, 0.2) is 18.3 Å². The summed E-state index contributed by atoms with van der Waals surface area (Å²) in [6.45, 7) is 7.04. The molecule has 0 radical (unpaired) electrons. The smallest absolute Gasteiger partial charge is 0.412 e. The van der Waals surface area contributed by atoms with Gasteiger partial charge in [0, 0.05) is 11.9 Å². The molecule has 0 unspecified atom stereocenters. The van der Waals surface area contributed by atoms with E-state index in [9.17, 15) is 18.7 Å². The largest absolute Gasteiger partial charge is 0.444 e. The van der Waals surface area contributed by atoms with E-state index in [0.717, 1.165) is 26.1 Å². The summed E-state index contributed by atoms with van der Waals surface area (Å²) >= 11 is 0. The Bertz CT molecular complexity index is 520. The van der Waals surface area contributed by atoms with Gasteiger partial charge in [0.15, 0.2) is 0 Å². The van der Waals surface area contributed by atoms with E-state index in [4.69, 9.17) is 4.74 Å². The number of ether oxygens (including phenoxy) is 1. The fourth-order valence-corrected chi connectivity index (χ4v) is 1.41. The Morgan fingerprint density at radius 2 is 1.86 bits per heavy atom. The number of hydrogen-bond acceptors (Lipinski definition) is 4. The summed E-state index contributed by atoms with van der Waals surface area (Å²) in [6, 6.07) is 2.36. The van der Waals surface area contributed by atoms with Gasteiger partial charge in [0.1, 0.15) is 16.9 Å². The fourth-order valence-electron chi connectivity index (χ4n) is 1.41. The number of carbonyl (C=O) groups is 1. The molecule has 7 heteroatoms. The van der Waals surface area contributed by atoms with Gasteiger partial charge in [-0.1, -0.05) is 0 Å². The van der Waals surface area contributed by atoms with Crippen molar-refractivity contribution < 1.29 is 23.4 Å². The van der Waals surface area contributed by atoms with Crippen molar-refractivity contribution in [1.82, 2.24) is 4.98 Å². The lowest BCUT2D eigenvalue weighted by atomic mass is 9.97. The highest BCUT2D eigenvalue weighted by Crippen LogP contribution is 2.38. The molecule has 5 nitrogen and oxygen atoms in total. The number of aliphatic hydroxyl groups is 1. The van der Waals surface area contributed by atoms with Crippen molar-refractivity contribution in [2.45, 2.75) is 51.7 Å². The van der Waals surface area contributed by atoms with Crippen molar-refractivity contribution in [2.24, 2.45) is 0 Å². The summed E-state index contributed by atoms with van der Waals surface area (Å²) < 4.78 is 33.0. The molecular formula is C14H20F2N2O3. The van der Waals surface area contributed by atoms with E-state index in [1.807, 2.05) is 0 Å². The maximum atomic E-state index is 14.0. The predicted molar refractivity (Wildman–Crippen MR) is 74.3 cm³/mol. The quantitative estimate of drug-likeness (QED) is 0.898. The molecule has 1 aromatic rings. The van der Waals surface area contributed by atoms with Crippen LogP contribution in [0.2, 0.25) is 0 Å². The monoisotopic (exact) mass is 302 g/mol. The number of rotatable bonds is 3. The molecule has 0 aliphatic carbocycles. The highest BCUT2D eigenvalue weighted by Gasteiger charge is 2.48. The van der Waals surface area contributed by atoms with Gasteiger partial charge in [-0.2, -0.15) is 8.78 Å². The topological polar surface area (TPSA) is 71.5 Å². The number of aromatic nitrogens is 1. The SMILES string of the molecule is CC(C)(C)OC(=O)Nc1ccnc(C(F)(F)C(C)(C)O)c1. The van der Waals surface area contributed by atoms with Gasteiger partial charge in [-0.25, -0.2) is 4.79 Å². The maximum absolute atomic E-state index is 14.0. The van der Waals surface area contributed by atoms with Gasteiger partial charge < -0.3 is 9.84 Å². The zero-order valence-electron chi connectivity index (χ0n) is 12.7. The van der Waals surface area contributed by atoms with Crippen molar-refractivity contribution in [3.63, 3.8) is 0 Å². The van der Waals surface area contributed by atoms with Gasteiger partial charge in [0.25, 0.3) is 0 Å². The van der Waals surface area contributed by atoms with Crippen LogP contribution in [0.3, 0.4) is 0 Å². The third-order valence-electron chi connectivity index (χ3n) is 2.50. The molecule has 0 bridgehead atoms. The van der Waals surface area contributed by atoms with Crippen LogP contribution in [0.5, 0.6) is 0 Å². The van der Waals surface area contributed by atoms with Crippen molar-refractivity contribution in [3.05, 3.63) is 24.0 Å². The Labute approximate surface area is 122 Å². The van der Waals surface area contributed by atoms with Crippen LogP contribution in [-0.2, 0) is 10.7 Å². The number of anilines is 1. The maximum Gasteiger partial charge on any atom is 0.412 e. The van der Waals surface area contributed by atoms with Crippen LogP contribution in [-0.4, -0.2) is 27.4 Å². The van der Waals surface area contributed by atoms with E-state index in [1.54, 1.807) is 20.8 Å². The number of halogens is 2. The lowest BCUT2D eigenvalue weighted by Crippen LogP contribution is -2.40. The van der Waals surface area contributed by atoms with Gasteiger partial charge in [-0.3, -0.25) is 10.3 Å². The van der Waals surface area contributed by atoms with Gasteiger partial charge in [-0.15, -0.1) is 0 Å². The first-order valence-corrected chi connectivity index (χ1v) is 6.40. The summed E-state index contributed by atoms with van der Waals surface area (Å²) in [5, 5.41) is 11.9. The molecular weight excluding hydrogens is 282 g/mol. The first-order chi connectivity index (χ1) is 9.33. The Kier molecular flexibility index (Phi) is 4.57. The Morgan fingerprint density at radius 3 is 2.33 bits per heavy atom. The number of amides is 1. The zero-order valence-corrected chi connectivity index (χ0v) is 12.7. The Balaban J connectivity index is 2.95. The number of nitrogens with zero attached hydrogens (tertiary/aromatic N) is 1. The zero-order chi connectivity index (χ0) is 16.5. The molecule has 0 aliphatic rings. The molecule has 0 saturated carbocycles. The summed E-state index contributed by atoms with van der Waals surface area (Å²) in [4.78, 5) is 15.2. The van der Waals surface area contributed by atoms with Crippen LogP contribution >= 0.6 is 0 Å². The van der Waals surface area contributed by atoms with Crippen LogP contribution < -0.4 is 5.32 Å². The number of carbonyl (C=O) groups excluding carboxylic acids is 1. The summed E-state index contributed by atoms with van der Waals surface area (Å²) in [5.41, 5.74) is -3.50. The molecule has 1 heterocycles. The van der Waals surface area contributed by atoms with E-state index in [1.165, 1.54) is 6.07 Å². The highest BCUT2D eigenvalue weighted by molar-refractivity contribution is 5.84. The van der Waals surface area contributed by atoms with Crippen molar-refractivity contribution in [2.75, 3.05) is 5.32 Å². The summed E-state index contributed by atoms with van der Waals surface area (Å²) in [5.74, 6) is -3.56. The van der Waals surface area contributed by atoms with Crippen LogP contribution in [0.25, 0.3) is 0 Å². The molecule has 0 fully saturated rings. The molecule has 1 amide bonds. The number of nitrogens with one attached hydrogen (secondary N) is 1. The predicted octanol–water partition coefficient (Wildman–Crippen LogP) is 3.29. The molecule has 0 aromatic carbocycles. The first-order valence-electron chi connectivity index (χ1n) is 6.40. The highest BCUT2D eigenvalue weighted by atomic mass is 19.3. The lowest BCUT2D eigenvalue weighted by molar-refractivity contribution is -0.171. The minimum Gasteiger partial charge on any atom is -0.444 e. The molecule has 118 valence electrons. The molecule has 0 saturated heterocycles. The number of alkyl halides is 2. The first kappa shape index (κ1) is 17.3. The van der Waals surface area contributed by atoms with Gasteiger partial charge in [0.05, 0.1) is 0 Å². The van der Waals surface area contributed by atoms with E-state index >= 15 is 0 Å². The van der Waals surface area contributed by atoms with E-state index in [2.05, 4.69) is 10.3 Å². The summed E-state index contributed by atoms with van der Waals surface area (Å²) in [6.07, 6.45) is 0.369. The minimum absolute atomic E-state index is 0.109. The van der Waals surface area contributed by atoms with Crippen LogP contribution in [0.1, 0.15) is 40.3 Å². The second-order valence-electron chi connectivity index (χ2n) is 6.19. The fraction of sp³-hybridized carbons (Fsp3) is 0.571. The molecule has 1 aromatic heterocycles. The summed E-state index contributed by atoms with van der Waals surface area (Å²) in [7, 11) is 0. The normalized spacial score (nSPS) is 13.0. The molecule has 2 N–H and O–H groups in total. The van der Waals surface area contributed by atoms with Crippen LogP contribution in [0, 0.1) is 0 Å². The van der Waals surface area contributed by atoms with E-state index < -0.39 is 28.9 Å². The Morgan fingerprint density at radius 1 is 1.29 bits per heavy atom. The van der Waals surface area contributed by atoms with Gasteiger partial charge in [-0.05, 0) is 46.8 Å². The van der Waals surface area contributed by atoms with Gasteiger partial charge in [0.2, 0.25) is 0 Å². The molecule has 0 aliphatic heterocycles. The molecule has 0 atom stereocenters. The molecule has 0 spiro atoms. The molecule has 21 heavy (non-hydrogen) atoms. The van der Waals surface area contributed by atoms with E-state index in [0.29, 0.717) is 0 Å². The average Bonchev–Trinajstić information content (AvgIpc) is 2.24. The third kappa shape index (κ3) is 4.63. The van der Waals surface area contributed by atoms with Crippen molar-refractivity contribution >= 4 is 11.8 Å². The average molecular weight is 302 g/mol. The van der Waals surface area contributed by atoms with Crippen molar-refractivity contribution in [1.29, 1.82) is 0 Å². The number of hydrogen-bond donors (Lipinski definition) is 2. The minimum atomic E-state index is -3.56. The number of pyridine rings is 1. The Hall–Kier alpha value is -1.76. The second kappa shape index (κ2) is 5.55. The third-order valence-corrected chi connectivity index (χ3v) is 2.50. The van der Waals surface area contributed by atoms with E-state index in [-0.39, 0.29) is 5.69 Å².